The second-order valence-corrected chi connectivity index (χ2v) is 10.4. The van der Waals surface area contributed by atoms with E-state index in [0.29, 0.717) is 12.2 Å². The number of halogens is 2. The van der Waals surface area contributed by atoms with E-state index >= 15 is 0 Å². The Balaban J connectivity index is 1.51. The number of nitrogens with zero attached hydrogens (tertiary/aromatic N) is 1. The van der Waals surface area contributed by atoms with Gasteiger partial charge in [-0.05, 0) is 59.7 Å². The molecule has 3 heterocycles. The maximum absolute atomic E-state index is 13.6. The molecule has 188 valence electrons. The lowest BCUT2D eigenvalue weighted by Crippen LogP contribution is -2.40. The van der Waals surface area contributed by atoms with E-state index in [-0.39, 0.29) is 35.4 Å². The highest BCUT2D eigenvalue weighted by molar-refractivity contribution is 6.01. The first-order chi connectivity index (χ1) is 17.2. The van der Waals surface area contributed by atoms with Gasteiger partial charge in [-0.25, -0.2) is 0 Å². The zero-order valence-electron chi connectivity index (χ0n) is 20.4. The van der Waals surface area contributed by atoms with Gasteiger partial charge in [-0.1, -0.05) is 19.9 Å². The number of hydrogen-bond donors (Lipinski definition) is 0. The molecule has 0 amide bonds. The molecule has 4 aliphatic rings. The van der Waals surface area contributed by atoms with Gasteiger partial charge in [0.05, 0.1) is 7.11 Å². The van der Waals surface area contributed by atoms with Crippen molar-refractivity contribution in [3.05, 3.63) is 64.4 Å². The summed E-state index contributed by atoms with van der Waals surface area (Å²) < 4.78 is 47.0. The van der Waals surface area contributed by atoms with Crippen LogP contribution in [-0.2, 0) is 11.2 Å². The van der Waals surface area contributed by atoms with E-state index in [4.69, 9.17) is 14.2 Å². The van der Waals surface area contributed by atoms with Gasteiger partial charge in [0.1, 0.15) is 0 Å². The molecule has 6 nitrogen and oxygen atoms in total. The van der Waals surface area contributed by atoms with Crippen molar-refractivity contribution in [2.75, 3.05) is 20.4 Å². The Morgan fingerprint density at radius 2 is 1.86 bits per heavy atom. The number of hydrogen-bond acceptors (Lipinski definition) is 6. The Labute approximate surface area is 208 Å². The Bertz CT molecular complexity index is 1330. The average molecular weight is 496 g/mol. The van der Waals surface area contributed by atoms with Gasteiger partial charge in [0.25, 0.3) is 0 Å². The third-order valence-corrected chi connectivity index (χ3v) is 7.39. The second-order valence-electron chi connectivity index (χ2n) is 10.4. The molecule has 8 heteroatoms. The molecular formula is C28H27F2NO5. The number of carbonyl (C=O) groups is 1. The van der Waals surface area contributed by atoms with Crippen molar-refractivity contribution in [1.29, 1.82) is 0 Å². The van der Waals surface area contributed by atoms with Crippen molar-refractivity contribution in [3.63, 3.8) is 0 Å². The van der Waals surface area contributed by atoms with Gasteiger partial charge in [-0.3, -0.25) is 4.79 Å². The van der Waals surface area contributed by atoms with E-state index in [1.807, 2.05) is 12.1 Å². The van der Waals surface area contributed by atoms with Crippen molar-refractivity contribution < 1.29 is 32.5 Å². The molecule has 0 saturated heterocycles. The van der Waals surface area contributed by atoms with Crippen LogP contribution in [-0.4, -0.2) is 37.7 Å². The second kappa shape index (κ2) is 8.25. The molecule has 0 radical (unpaired) electrons. The summed E-state index contributed by atoms with van der Waals surface area (Å²) in [6.07, 6.45) is 4.16. The largest absolute Gasteiger partial charge is 0.493 e. The SMILES string of the molecule is COc1cc(C2C=C3c4cc5c(cc4CCN3C3=C2C(=O)CC(C)(C)C3)OCO5)ccc1OC(F)F. The first-order valence-electron chi connectivity index (χ1n) is 12.1. The van der Waals surface area contributed by atoms with Crippen molar-refractivity contribution in [1.82, 2.24) is 4.90 Å². The van der Waals surface area contributed by atoms with Crippen LogP contribution in [0, 0.1) is 5.41 Å². The van der Waals surface area contributed by atoms with Gasteiger partial charge in [0, 0.05) is 41.4 Å². The molecule has 2 aromatic rings. The molecule has 3 aliphatic heterocycles. The maximum Gasteiger partial charge on any atom is 0.387 e. The van der Waals surface area contributed by atoms with Gasteiger partial charge < -0.3 is 23.8 Å². The van der Waals surface area contributed by atoms with Crippen LogP contribution < -0.4 is 18.9 Å². The minimum atomic E-state index is -2.96. The molecule has 0 spiro atoms. The predicted octanol–water partition coefficient (Wildman–Crippen LogP) is 5.66. The highest BCUT2D eigenvalue weighted by Crippen LogP contribution is 2.52. The highest BCUT2D eigenvalue weighted by Gasteiger charge is 2.43. The van der Waals surface area contributed by atoms with Crippen LogP contribution in [0.2, 0.25) is 0 Å². The summed E-state index contributed by atoms with van der Waals surface area (Å²) in [5.41, 5.74) is 5.68. The van der Waals surface area contributed by atoms with Crippen LogP contribution in [0.5, 0.6) is 23.0 Å². The molecular weight excluding hydrogens is 468 g/mol. The van der Waals surface area contributed by atoms with Crippen molar-refractivity contribution >= 4 is 11.5 Å². The lowest BCUT2D eigenvalue weighted by atomic mass is 9.69. The standard InChI is InChI=1S/C28H27F2NO5/c1-28(2)12-20-26(21(32)13-28)18(15-4-5-22(36-27(29)30)23(8-15)33-3)10-19-17-11-25-24(34-14-35-25)9-16(17)6-7-31(19)20/h4-5,8-11,18,27H,6-7,12-14H2,1-3H3. The van der Waals surface area contributed by atoms with E-state index in [2.05, 4.69) is 29.6 Å². The number of rotatable bonds is 4. The number of Topliss-reactive ketones (excluding diaryl/α,β-unsaturated/α-hetero) is 1. The van der Waals surface area contributed by atoms with E-state index < -0.39 is 6.61 Å². The van der Waals surface area contributed by atoms with Crippen LogP contribution >= 0.6 is 0 Å². The number of carbonyl (C=O) groups excluding carboxylic acids is 1. The highest BCUT2D eigenvalue weighted by atomic mass is 19.3. The average Bonchev–Trinajstić information content (AvgIpc) is 3.28. The first kappa shape index (κ1) is 22.9. The van der Waals surface area contributed by atoms with Crippen molar-refractivity contribution in [2.24, 2.45) is 5.41 Å². The van der Waals surface area contributed by atoms with Gasteiger partial charge in [0.2, 0.25) is 6.79 Å². The molecule has 0 saturated carbocycles. The van der Waals surface area contributed by atoms with Crippen LogP contribution in [0.3, 0.4) is 0 Å². The number of benzene rings is 2. The smallest absolute Gasteiger partial charge is 0.387 e. The lowest BCUT2D eigenvalue weighted by Gasteiger charge is -2.46. The van der Waals surface area contributed by atoms with Crippen LogP contribution in [0.15, 0.2) is 47.7 Å². The van der Waals surface area contributed by atoms with E-state index in [1.165, 1.54) is 18.7 Å². The van der Waals surface area contributed by atoms with E-state index in [0.717, 1.165) is 53.2 Å². The van der Waals surface area contributed by atoms with Gasteiger partial charge >= 0.3 is 6.61 Å². The number of ether oxygens (including phenoxy) is 4. The Kier molecular flexibility index (Phi) is 5.24. The van der Waals surface area contributed by atoms with Crippen LogP contribution in [0.4, 0.5) is 8.78 Å². The summed E-state index contributed by atoms with van der Waals surface area (Å²) in [6, 6.07) is 8.97. The normalized spacial score (nSPS) is 21.6. The van der Waals surface area contributed by atoms with Crippen LogP contribution in [0.25, 0.3) is 5.70 Å². The maximum atomic E-state index is 13.6. The predicted molar refractivity (Wildman–Crippen MR) is 128 cm³/mol. The molecule has 0 N–H and O–H groups in total. The molecule has 2 aromatic carbocycles. The minimum Gasteiger partial charge on any atom is -0.493 e. The third kappa shape index (κ3) is 3.70. The number of methoxy groups -OCH3 is 1. The summed E-state index contributed by atoms with van der Waals surface area (Å²) in [5.74, 6) is 1.39. The summed E-state index contributed by atoms with van der Waals surface area (Å²) in [7, 11) is 1.41. The number of ketones is 1. The summed E-state index contributed by atoms with van der Waals surface area (Å²) in [4.78, 5) is 15.8. The first-order valence-corrected chi connectivity index (χ1v) is 12.1. The number of allylic oxidation sites excluding steroid dienone is 3. The zero-order valence-corrected chi connectivity index (χ0v) is 20.4. The topological polar surface area (TPSA) is 57.2 Å². The van der Waals surface area contributed by atoms with Gasteiger partial charge in [-0.15, -0.1) is 0 Å². The Hall–Kier alpha value is -3.55. The lowest BCUT2D eigenvalue weighted by molar-refractivity contribution is -0.118. The molecule has 0 aromatic heterocycles. The van der Waals surface area contributed by atoms with Crippen LogP contribution in [0.1, 0.15) is 49.3 Å². The fraction of sp³-hybridized carbons (Fsp3) is 0.393. The molecule has 36 heavy (non-hydrogen) atoms. The quantitative estimate of drug-likeness (QED) is 0.545. The minimum absolute atomic E-state index is 0.0395. The fourth-order valence-corrected chi connectivity index (χ4v) is 5.86. The Morgan fingerprint density at radius 1 is 1.08 bits per heavy atom. The van der Waals surface area contributed by atoms with E-state index in [9.17, 15) is 13.6 Å². The number of fused-ring (bicyclic) bond motifs is 5. The summed E-state index contributed by atoms with van der Waals surface area (Å²) in [5, 5.41) is 0. The Morgan fingerprint density at radius 3 is 2.61 bits per heavy atom. The van der Waals surface area contributed by atoms with E-state index in [1.54, 1.807) is 12.1 Å². The molecule has 0 bridgehead atoms. The molecule has 6 rings (SSSR count). The van der Waals surface area contributed by atoms with Gasteiger partial charge in [-0.2, -0.15) is 8.78 Å². The van der Waals surface area contributed by atoms with Gasteiger partial charge in [0.15, 0.2) is 28.8 Å². The number of alkyl halides is 2. The molecule has 1 unspecified atom stereocenters. The van der Waals surface area contributed by atoms with Crippen molar-refractivity contribution in [2.45, 2.75) is 45.6 Å². The summed E-state index contributed by atoms with van der Waals surface area (Å²) in [6.45, 7) is 2.25. The fourth-order valence-electron chi connectivity index (χ4n) is 5.86. The zero-order chi connectivity index (χ0) is 25.2. The molecule has 0 fully saturated rings. The van der Waals surface area contributed by atoms with Crippen molar-refractivity contribution in [3.8, 4) is 23.0 Å². The monoisotopic (exact) mass is 495 g/mol. The summed E-state index contributed by atoms with van der Waals surface area (Å²) >= 11 is 0. The third-order valence-electron chi connectivity index (χ3n) is 7.39. The molecule has 1 atom stereocenters. The molecule has 1 aliphatic carbocycles.